The van der Waals surface area contributed by atoms with Crippen LogP contribution in [0.5, 0.6) is 11.5 Å². The number of hydrogen-bond acceptors (Lipinski definition) is 5. The fourth-order valence-corrected chi connectivity index (χ4v) is 1.90. The van der Waals surface area contributed by atoms with Gasteiger partial charge >= 0.3 is 6.09 Å². The monoisotopic (exact) mass is 298 g/mol. The summed E-state index contributed by atoms with van der Waals surface area (Å²) in [6.07, 6.45) is 1.47. The van der Waals surface area contributed by atoms with E-state index in [1.807, 2.05) is 0 Å². The van der Waals surface area contributed by atoms with Crippen molar-refractivity contribution < 1.29 is 14.6 Å². The first kappa shape index (κ1) is 13.6. The third-order valence-electron chi connectivity index (χ3n) is 2.76. The maximum Gasteiger partial charge on any atom is 0.409 e. The van der Waals surface area contributed by atoms with Gasteiger partial charge in [0.15, 0.2) is 11.4 Å². The number of benzene rings is 1. The third kappa shape index (κ3) is 2.85. The van der Waals surface area contributed by atoms with Crippen LogP contribution in [0.25, 0.3) is 11.2 Å². The Balaban J connectivity index is 1.98. The Kier molecular flexibility index (Phi) is 3.40. The molecule has 3 rings (SSSR count). The fraction of sp³-hybridized carbons (Fsp3) is 0. The van der Waals surface area contributed by atoms with Crippen LogP contribution < -0.4 is 15.6 Å². The van der Waals surface area contributed by atoms with E-state index in [9.17, 15) is 9.59 Å². The highest BCUT2D eigenvalue weighted by atomic mass is 16.5. The van der Waals surface area contributed by atoms with E-state index in [1.165, 1.54) is 12.3 Å². The van der Waals surface area contributed by atoms with E-state index in [4.69, 9.17) is 9.84 Å². The maximum absolute atomic E-state index is 11.4. The van der Waals surface area contributed by atoms with Gasteiger partial charge < -0.3 is 14.8 Å². The van der Waals surface area contributed by atoms with E-state index in [1.54, 1.807) is 24.3 Å². The van der Waals surface area contributed by atoms with E-state index in [0.717, 1.165) is 6.20 Å². The number of rotatable bonds is 3. The minimum Gasteiger partial charge on any atom is -0.465 e. The van der Waals surface area contributed by atoms with Gasteiger partial charge in [-0.2, -0.15) is 0 Å². The van der Waals surface area contributed by atoms with Gasteiger partial charge in [0, 0.05) is 24.0 Å². The number of carbonyl (C=O) groups is 1. The van der Waals surface area contributed by atoms with Gasteiger partial charge in [0.25, 0.3) is 5.56 Å². The highest BCUT2D eigenvalue weighted by Crippen LogP contribution is 2.27. The first-order valence-electron chi connectivity index (χ1n) is 6.24. The molecule has 0 saturated heterocycles. The Hall–Kier alpha value is -3.42. The zero-order valence-corrected chi connectivity index (χ0v) is 11.1. The van der Waals surface area contributed by atoms with Crippen molar-refractivity contribution in [2.45, 2.75) is 0 Å². The highest BCUT2D eigenvalue weighted by molar-refractivity contribution is 5.83. The molecule has 3 aromatic rings. The van der Waals surface area contributed by atoms with Crippen molar-refractivity contribution in [1.29, 1.82) is 0 Å². The van der Waals surface area contributed by atoms with Crippen LogP contribution >= 0.6 is 0 Å². The Labute approximate surface area is 123 Å². The van der Waals surface area contributed by atoms with E-state index in [-0.39, 0.29) is 5.56 Å². The number of aromatic amines is 1. The summed E-state index contributed by atoms with van der Waals surface area (Å²) in [4.78, 5) is 32.6. The van der Waals surface area contributed by atoms with Crippen LogP contribution in [-0.2, 0) is 0 Å². The summed E-state index contributed by atoms with van der Waals surface area (Å²) >= 11 is 0. The van der Waals surface area contributed by atoms with Gasteiger partial charge in [0.2, 0.25) is 0 Å². The summed E-state index contributed by atoms with van der Waals surface area (Å²) in [6.45, 7) is 0. The van der Waals surface area contributed by atoms with Crippen molar-refractivity contribution >= 4 is 22.9 Å². The standard InChI is InChI=1S/C14H10N4O4/c19-11-7-16-13-12(18-11)10(4-5-15-13)22-9-3-1-2-8(6-9)17-14(20)21/h1-7,17H,(H,18,19)(H,20,21). The molecule has 0 aliphatic heterocycles. The normalized spacial score (nSPS) is 10.4. The smallest absolute Gasteiger partial charge is 0.409 e. The van der Waals surface area contributed by atoms with Crippen LogP contribution in [0.1, 0.15) is 0 Å². The Bertz CT molecular complexity index is 906. The predicted molar refractivity (Wildman–Crippen MR) is 78.3 cm³/mol. The molecule has 2 aromatic heterocycles. The van der Waals surface area contributed by atoms with E-state index in [0.29, 0.717) is 28.4 Å². The molecule has 0 saturated carbocycles. The highest BCUT2D eigenvalue weighted by Gasteiger charge is 2.07. The van der Waals surface area contributed by atoms with Gasteiger partial charge in [0.1, 0.15) is 11.3 Å². The lowest BCUT2D eigenvalue weighted by atomic mass is 10.3. The zero-order chi connectivity index (χ0) is 15.5. The van der Waals surface area contributed by atoms with Crippen molar-refractivity contribution in [1.82, 2.24) is 15.0 Å². The molecule has 0 radical (unpaired) electrons. The summed E-state index contributed by atoms with van der Waals surface area (Å²) in [5, 5.41) is 10.9. The minimum atomic E-state index is -1.17. The molecule has 0 bridgehead atoms. The molecule has 8 heteroatoms. The fourth-order valence-electron chi connectivity index (χ4n) is 1.90. The summed E-state index contributed by atoms with van der Waals surface area (Å²) < 4.78 is 5.69. The number of carboxylic acid groups (broad SMARTS) is 1. The van der Waals surface area contributed by atoms with Crippen LogP contribution in [0.4, 0.5) is 10.5 Å². The third-order valence-corrected chi connectivity index (χ3v) is 2.76. The molecule has 0 spiro atoms. The van der Waals surface area contributed by atoms with Gasteiger partial charge in [-0.1, -0.05) is 6.07 Å². The van der Waals surface area contributed by atoms with Crippen LogP contribution in [-0.4, -0.2) is 26.2 Å². The van der Waals surface area contributed by atoms with E-state index >= 15 is 0 Å². The first-order chi connectivity index (χ1) is 10.6. The molecule has 1 amide bonds. The minimum absolute atomic E-state index is 0.344. The molecule has 3 N–H and O–H groups in total. The lowest BCUT2D eigenvalue weighted by Crippen LogP contribution is -2.07. The molecule has 0 fully saturated rings. The van der Waals surface area contributed by atoms with Gasteiger partial charge in [-0.05, 0) is 12.1 Å². The Morgan fingerprint density at radius 3 is 2.95 bits per heavy atom. The van der Waals surface area contributed by atoms with Gasteiger partial charge in [-0.25, -0.2) is 14.8 Å². The molecular formula is C14H10N4O4. The molecular weight excluding hydrogens is 288 g/mol. The molecule has 110 valence electrons. The first-order valence-corrected chi connectivity index (χ1v) is 6.24. The summed E-state index contributed by atoms with van der Waals surface area (Å²) in [5.74, 6) is 0.770. The van der Waals surface area contributed by atoms with Crippen LogP contribution in [0, 0.1) is 0 Å². The van der Waals surface area contributed by atoms with Crippen molar-refractivity contribution in [3.8, 4) is 11.5 Å². The average molecular weight is 298 g/mol. The number of anilines is 1. The Morgan fingerprint density at radius 1 is 1.27 bits per heavy atom. The van der Waals surface area contributed by atoms with Crippen LogP contribution in [0.15, 0.2) is 47.5 Å². The molecule has 22 heavy (non-hydrogen) atoms. The lowest BCUT2D eigenvalue weighted by molar-refractivity contribution is 0.210. The number of fused-ring (bicyclic) bond motifs is 1. The molecule has 1 aromatic carbocycles. The topological polar surface area (TPSA) is 117 Å². The van der Waals surface area contributed by atoms with E-state index in [2.05, 4.69) is 20.3 Å². The summed E-state index contributed by atoms with van der Waals surface area (Å²) in [5.41, 5.74) is 0.713. The number of amides is 1. The summed E-state index contributed by atoms with van der Waals surface area (Å²) in [6, 6.07) is 8.00. The number of aromatic nitrogens is 3. The number of ether oxygens (including phenoxy) is 1. The molecule has 0 aliphatic carbocycles. The maximum atomic E-state index is 11.4. The lowest BCUT2D eigenvalue weighted by Gasteiger charge is -2.09. The SMILES string of the molecule is O=C(O)Nc1cccc(Oc2ccnc3ncc(=O)[nH]c23)c1. The van der Waals surface area contributed by atoms with Crippen LogP contribution in [0.3, 0.4) is 0 Å². The van der Waals surface area contributed by atoms with Crippen molar-refractivity contribution in [3.63, 3.8) is 0 Å². The van der Waals surface area contributed by atoms with E-state index < -0.39 is 6.09 Å². The zero-order valence-electron chi connectivity index (χ0n) is 11.1. The average Bonchev–Trinajstić information content (AvgIpc) is 2.47. The molecule has 2 heterocycles. The quantitative estimate of drug-likeness (QED) is 0.682. The van der Waals surface area contributed by atoms with Crippen LogP contribution in [0.2, 0.25) is 0 Å². The molecule has 0 unspecified atom stereocenters. The number of nitrogens with zero attached hydrogens (tertiary/aromatic N) is 2. The van der Waals surface area contributed by atoms with Gasteiger partial charge in [-0.3, -0.25) is 10.1 Å². The number of H-pyrrole nitrogens is 1. The number of hydrogen-bond donors (Lipinski definition) is 3. The Morgan fingerprint density at radius 2 is 2.14 bits per heavy atom. The largest absolute Gasteiger partial charge is 0.465 e. The number of pyridine rings is 1. The molecule has 8 nitrogen and oxygen atoms in total. The van der Waals surface area contributed by atoms with Gasteiger partial charge in [0.05, 0.1) is 6.20 Å². The van der Waals surface area contributed by atoms with Crippen molar-refractivity contribution in [3.05, 3.63) is 53.1 Å². The van der Waals surface area contributed by atoms with Crippen molar-refractivity contribution in [2.24, 2.45) is 0 Å². The molecule has 0 atom stereocenters. The van der Waals surface area contributed by atoms with Gasteiger partial charge in [-0.15, -0.1) is 0 Å². The molecule has 0 aliphatic rings. The second-order valence-corrected chi connectivity index (χ2v) is 4.32. The van der Waals surface area contributed by atoms with Crippen molar-refractivity contribution in [2.75, 3.05) is 5.32 Å². The second kappa shape index (κ2) is 5.52. The summed E-state index contributed by atoms with van der Waals surface area (Å²) in [7, 11) is 0. The number of nitrogens with one attached hydrogen (secondary N) is 2. The predicted octanol–water partition coefficient (Wildman–Crippen LogP) is 2.20. The second-order valence-electron chi connectivity index (χ2n) is 4.32.